The molecule has 0 aromatic carbocycles. The molecule has 3 saturated heterocycles. The Bertz CT molecular complexity index is 2170. The van der Waals surface area contributed by atoms with Crippen molar-refractivity contribution in [1.82, 2.24) is 5.32 Å². The fourth-order valence-electron chi connectivity index (χ4n) is 13.4. The van der Waals surface area contributed by atoms with Crippen molar-refractivity contribution in [2.24, 2.45) is 0 Å². The number of allylic oxidation sites excluding steroid dienone is 13. The van der Waals surface area contributed by atoms with Crippen LogP contribution in [0.3, 0.4) is 0 Å². The highest BCUT2D eigenvalue weighted by molar-refractivity contribution is 5.76. The van der Waals surface area contributed by atoms with Gasteiger partial charge in [0, 0.05) is 6.42 Å². The highest BCUT2D eigenvalue weighted by atomic mass is 16.8. The summed E-state index contributed by atoms with van der Waals surface area (Å²) in [4.78, 5) is 13.5. The van der Waals surface area contributed by atoms with Crippen LogP contribution in [0, 0.1) is 0 Å². The maximum Gasteiger partial charge on any atom is 0.220 e. The van der Waals surface area contributed by atoms with Crippen LogP contribution in [-0.4, -0.2) is 193 Å². The molecule has 17 unspecified atom stereocenters. The summed E-state index contributed by atoms with van der Waals surface area (Å²) in [6.07, 6.45) is 57.0. The number of nitrogens with one attached hydrogen (secondary N) is 1. The second kappa shape index (κ2) is 63.0. The molecule has 0 bridgehead atoms. The van der Waals surface area contributed by atoms with Crippen LogP contribution in [0.15, 0.2) is 85.1 Å². The van der Waals surface area contributed by atoms with E-state index in [0.717, 1.165) is 103 Å². The van der Waals surface area contributed by atoms with Gasteiger partial charge in [-0.05, 0) is 70.6 Å². The molecular weight excluding hydrogens is 1300 g/mol. The molecule has 19 heteroatoms. The van der Waals surface area contributed by atoms with Gasteiger partial charge in [-0.3, -0.25) is 4.79 Å². The molecule has 3 aliphatic heterocycles. The number of aliphatic hydroxyl groups excluding tert-OH is 11. The number of hydrogen-bond donors (Lipinski definition) is 12. The Kier molecular flexibility index (Phi) is 57.5. The molecule has 12 N–H and O–H groups in total. The number of unbranched alkanes of at least 4 members (excludes halogenated alkanes) is 36. The Morgan fingerprint density at radius 2 is 0.676 bits per heavy atom. The SMILES string of the molecule is CC/C=C\C/C=C\C/C=C\C/C=C\C/C=C\C/C=C\CCCCCCCCCCC(=O)NC(COC1OC(CO)C(OC2OC(CO)C(OC3OC(CO)C(O)C(O)C3O)C(O)C2O)C(O)C1O)C(O)/C=C/CCCCCCCCCCCCCCCCCCCCCCCCCCCCCC. The first-order valence-corrected chi connectivity index (χ1v) is 40.8. The fraction of sp³-hybridized carbons (Fsp3) is 0.819. The van der Waals surface area contributed by atoms with Gasteiger partial charge in [0.25, 0.3) is 0 Å². The van der Waals surface area contributed by atoms with Crippen molar-refractivity contribution in [3.63, 3.8) is 0 Å². The zero-order valence-electron chi connectivity index (χ0n) is 63.3. The minimum Gasteiger partial charge on any atom is -0.394 e. The predicted octanol–water partition coefficient (Wildman–Crippen LogP) is 13.8. The Morgan fingerprint density at radius 3 is 1.06 bits per heavy atom. The summed E-state index contributed by atoms with van der Waals surface area (Å²) in [5, 5.41) is 121. The molecule has 3 aliphatic rings. The zero-order valence-corrected chi connectivity index (χ0v) is 63.3. The molecule has 3 heterocycles. The lowest BCUT2D eigenvalue weighted by Gasteiger charge is -2.48. The van der Waals surface area contributed by atoms with E-state index in [9.17, 15) is 61.0 Å². The maximum atomic E-state index is 13.5. The minimum atomic E-state index is -1.98. The summed E-state index contributed by atoms with van der Waals surface area (Å²) < 4.78 is 34.5. The lowest BCUT2D eigenvalue weighted by molar-refractivity contribution is -0.379. The normalized spacial score (nSPS) is 26.6. The van der Waals surface area contributed by atoms with Crippen LogP contribution in [0.5, 0.6) is 0 Å². The molecule has 3 fully saturated rings. The molecule has 102 heavy (non-hydrogen) atoms. The zero-order chi connectivity index (χ0) is 73.9. The first-order valence-electron chi connectivity index (χ1n) is 40.8. The molecule has 17 atom stereocenters. The maximum absolute atomic E-state index is 13.5. The van der Waals surface area contributed by atoms with Crippen LogP contribution >= 0.6 is 0 Å². The number of aliphatic hydroxyl groups is 11. The van der Waals surface area contributed by atoms with E-state index >= 15 is 0 Å². The molecule has 19 nitrogen and oxygen atoms in total. The molecule has 0 saturated carbocycles. The third kappa shape index (κ3) is 42.5. The van der Waals surface area contributed by atoms with Crippen LogP contribution in [0.2, 0.25) is 0 Å². The van der Waals surface area contributed by atoms with Gasteiger partial charge >= 0.3 is 0 Å². The highest BCUT2D eigenvalue weighted by Gasteiger charge is 2.54. The van der Waals surface area contributed by atoms with Crippen molar-refractivity contribution in [3.8, 4) is 0 Å². The Balaban J connectivity index is 1.38. The van der Waals surface area contributed by atoms with Crippen molar-refractivity contribution in [1.29, 1.82) is 0 Å². The van der Waals surface area contributed by atoms with Gasteiger partial charge in [-0.1, -0.05) is 311 Å². The van der Waals surface area contributed by atoms with Crippen LogP contribution in [0.1, 0.15) is 303 Å². The highest BCUT2D eigenvalue weighted by Crippen LogP contribution is 2.33. The summed E-state index contributed by atoms with van der Waals surface area (Å²) in [7, 11) is 0. The molecule has 0 spiro atoms. The number of carbonyl (C=O) groups excluding carboxylic acids is 1. The third-order valence-corrected chi connectivity index (χ3v) is 19.9. The van der Waals surface area contributed by atoms with E-state index in [1.165, 1.54) is 173 Å². The summed E-state index contributed by atoms with van der Waals surface area (Å²) in [5.74, 6) is -0.284. The van der Waals surface area contributed by atoms with E-state index in [0.29, 0.717) is 6.42 Å². The summed E-state index contributed by atoms with van der Waals surface area (Å²) >= 11 is 0. The average molecular weight is 1450 g/mol. The van der Waals surface area contributed by atoms with Gasteiger partial charge in [0.15, 0.2) is 18.9 Å². The van der Waals surface area contributed by atoms with Gasteiger partial charge in [-0.15, -0.1) is 0 Å². The molecule has 0 aromatic rings. The van der Waals surface area contributed by atoms with Crippen molar-refractivity contribution in [2.45, 2.75) is 407 Å². The molecule has 1 amide bonds. The van der Waals surface area contributed by atoms with Crippen LogP contribution in [-0.2, 0) is 33.2 Å². The number of ether oxygens (including phenoxy) is 6. The van der Waals surface area contributed by atoms with Gasteiger partial charge < -0.3 is 89.9 Å². The Morgan fingerprint density at radius 1 is 0.363 bits per heavy atom. The molecule has 0 radical (unpaired) electrons. The summed E-state index contributed by atoms with van der Waals surface area (Å²) in [6.45, 7) is 1.65. The smallest absolute Gasteiger partial charge is 0.220 e. The lowest BCUT2D eigenvalue weighted by Crippen LogP contribution is -2.66. The van der Waals surface area contributed by atoms with Crippen molar-refractivity contribution < 1.29 is 89.4 Å². The lowest BCUT2D eigenvalue weighted by atomic mass is 9.96. The van der Waals surface area contributed by atoms with Gasteiger partial charge in [0.2, 0.25) is 5.91 Å². The second-order valence-corrected chi connectivity index (χ2v) is 28.9. The topological polar surface area (TPSA) is 307 Å². The fourth-order valence-corrected chi connectivity index (χ4v) is 13.4. The van der Waals surface area contributed by atoms with Crippen LogP contribution < -0.4 is 5.32 Å². The third-order valence-electron chi connectivity index (χ3n) is 19.9. The predicted molar refractivity (Wildman–Crippen MR) is 406 cm³/mol. The van der Waals surface area contributed by atoms with E-state index in [1.54, 1.807) is 6.08 Å². The minimum absolute atomic E-state index is 0.229. The van der Waals surface area contributed by atoms with E-state index in [-0.39, 0.29) is 18.9 Å². The van der Waals surface area contributed by atoms with Gasteiger partial charge in [-0.25, -0.2) is 0 Å². The van der Waals surface area contributed by atoms with Crippen LogP contribution in [0.25, 0.3) is 0 Å². The summed E-state index contributed by atoms with van der Waals surface area (Å²) in [5.41, 5.74) is 0. The summed E-state index contributed by atoms with van der Waals surface area (Å²) in [6, 6.07) is -0.986. The van der Waals surface area contributed by atoms with Gasteiger partial charge in [0.1, 0.15) is 73.2 Å². The molecule has 3 rings (SSSR count). The molecular formula is C83H147NO18. The molecule has 0 aliphatic carbocycles. The van der Waals surface area contributed by atoms with E-state index in [1.807, 2.05) is 6.08 Å². The average Bonchev–Trinajstić information content (AvgIpc) is 0.782. The number of amides is 1. The van der Waals surface area contributed by atoms with E-state index in [2.05, 4.69) is 92.1 Å². The first kappa shape index (κ1) is 93.2. The van der Waals surface area contributed by atoms with Gasteiger partial charge in [-0.2, -0.15) is 0 Å². The Hall–Kier alpha value is -3.03. The van der Waals surface area contributed by atoms with Crippen molar-refractivity contribution in [3.05, 3.63) is 85.1 Å². The first-order chi connectivity index (χ1) is 49.8. The number of hydrogen-bond acceptors (Lipinski definition) is 18. The standard InChI is InChI=1S/C83H147NO18/c1-3-5-7-9-11-13-15-17-19-21-23-25-27-29-31-32-33-35-36-38-40-42-44-46-48-50-52-54-56-58-60-67(88)66(84-71(89)61-59-57-55-53-51-49-47-45-43-41-39-37-34-30-28-26-24-22-20-18-16-14-12-10-8-6-4-2)65-97-81-77(95)74(92)79(69(63-86)99-81)102-83-78(96)75(93)80(70(64-87)100-83)101-82-76(94)73(91)72(90)68(62-85)98-82/h6,8,12,14,18,20,24,26,30,34,39,41,58,60,66-70,72-83,85-88,90-96H,3-5,7,9-11,13,15-17,19,21-23,25,27-29,31-33,35-38,40,42-57,59,61-65H2,1-2H3,(H,84,89)/b8-6-,14-12-,20-18-,26-24-,34-30-,41-39-,60-58+. The molecule has 592 valence electrons. The molecule has 0 aromatic heterocycles. The van der Waals surface area contributed by atoms with E-state index in [4.69, 9.17) is 28.4 Å². The van der Waals surface area contributed by atoms with E-state index < -0.39 is 124 Å². The number of rotatable bonds is 64. The largest absolute Gasteiger partial charge is 0.394 e. The van der Waals surface area contributed by atoms with Crippen molar-refractivity contribution >= 4 is 5.91 Å². The second-order valence-electron chi connectivity index (χ2n) is 28.9. The monoisotopic (exact) mass is 1450 g/mol. The Labute approximate surface area is 616 Å². The van der Waals surface area contributed by atoms with Crippen molar-refractivity contribution in [2.75, 3.05) is 26.4 Å². The number of carbonyl (C=O) groups is 1. The quantitative estimate of drug-likeness (QED) is 0.0199. The van der Waals surface area contributed by atoms with Gasteiger partial charge in [0.05, 0.1) is 38.6 Å². The van der Waals surface area contributed by atoms with Crippen LogP contribution in [0.4, 0.5) is 0 Å².